The van der Waals surface area contributed by atoms with Crippen molar-refractivity contribution in [2.75, 3.05) is 26.8 Å². The number of aliphatic hydroxyl groups is 2. The van der Waals surface area contributed by atoms with Crippen LogP contribution in [0.5, 0.6) is 0 Å². The Morgan fingerprint density at radius 2 is 1.88 bits per heavy atom. The molecule has 0 atom stereocenters. The number of para-hydroxylation sites is 1. The second-order valence-corrected chi connectivity index (χ2v) is 7.05. The first-order chi connectivity index (χ1) is 11.3. The number of amides is 1. The first-order valence-corrected chi connectivity index (χ1v) is 8.18. The monoisotopic (exact) mass is 330 g/mol. The van der Waals surface area contributed by atoms with Crippen molar-refractivity contribution >= 4 is 16.8 Å². The Kier molecular flexibility index (Phi) is 5.57. The maximum atomic E-state index is 13.0. The van der Waals surface area contributed by atoms with E-state index in [1.165, 1.54) is 0 Å². The third-order valence-corrected chi connectivity index (χ3v) is 4.29. The Labute approximate surface area is 142 Å². The van der Waals surface area contributed by atoms with Crippen molar-refractivity contribution < 1.29 is 15.0 Å². The molecule has 1 aromatic heterocycles. The maximum Gasteiger partial charge on any atom is 0.254 e. The average molecular weight is 330 g/mol. The van der Waals surface area contributed by atoms with Gasteiger partial charge in [-0.05, 0) is 18.1 Å². The van der Waals surface area contributed by atoms with Gasteiger partial charge in [0.25, 0.3) is 5.91 Å². The van der Waals surface area contributed by atoms with Gasteiger partial charge in [0.05, 0.1) is 24.3 Å². The minimum atomic E-state index is -0.728. The molecule has 0 unspecified atom stereocenters. The van der Waals surface area contributed by atoms with Crippen molar-refractivity contribution in [2.24, 2.45) is 5.41 Å². The first kappa shape index (κ1) is 18.4. The number of nitrogens with zero attached hydrogens (tertiary/aromatic N) is 2. The molecule has 2 rings (SSSR count). The largest absolute Gasteiger partial charge is 0.396 e. The van der Waals surface area contributed by atoms with Crippen LogP contribution in [0, 0.1) is 5.41 Å². The summed E-state index contributed by atoms with van der Waals surface area (Å²) in [6.45, 7) is 5.74. The van der Waals surface area contributed by atoms with Crippen molar-refractivity contribution in [2.45, 2.75) is 26.7 Å². The number of aliphatic hydroxyl groups excluding tert-OH is 2. The summed E-state index contributed by atoms with van der Waals surface area (Å²) in [6.07, 6.45) is 0. The number of hydrogen-bond donors (Lipinski definition) is 2. The average Bonchev–Trinajstić information content (AvgIpc) is 2.59. The van der Waals surface area contributed by atoms with Crippen LogP contribution in [0.1, 0.15) is 42.7 Å². The van der Waals surface area contributed by atoms with Crippen LogP contribution in [0.2, 0.25) is 0 Å². The molecule has 0 saturated heterocycles. The predicted octanol–water partition coefficient (Wildman–Crippen LogP) is 2.42. The van der Waals surface area contributed by atoms with E-state index in [0.29, 0.717) is 5.56 Å². The smallest absolute Gasteiger partial charge is 0.254 e. The molecule has 2 N–H and O–H groups in total. The predicted molar refractivity (Wildman–Crippen MR) is 95.1 cm³/mol. The highest BCUT2D eigenvalue weighted by atomic mass is 16.3. The molecule has 0 saturated carbocycles. The lowest BCUT2D eigenvalue weighted by atomic mass is 9.92. The van der Waals surface area contributed by atoms with Crippen LogP contribution in [-0.2, 0) is 0 Å². The van der Waals surface area contributed by atoms with Gasteiger partial charge in [0, 0.05) is 30.1 Å². The highest BCUT2D eigenvalue weighted by molar-refractivity contribution is 6.06. The van der Waals surface area contributed by atoms with E-state index in [1.54, 1.807) is 18.9 Å². The van der Waals surface area contributed by atoms with Gasteiger partial charge in [-0.2, -0.15) is 0 Å². The van der Waals surface area contributed by atoms with Gasteiger partial charge in [-0.1, -0.05) is 39.0 Å². The normalized spacial score (nSPS) is 12.0. The number of carbonyl (C=O) groups is 1. The van der Waals surface area contributed by atoms with Crippen LogP contribution in [-0.4, -0.2) is 52.8 Å². The van der Waals surface area contributed by atoms with Crippen LogP contribution in [0.15, 0.2) is 30.3 Å². The Bertz CT molecular complexity index is 724. The van der Waals surface area contributed by atoms with Gasteiger partial charge in [-0.25, -0.2) is 0 Å². The molecule has 2 aromatic rings. The molecule has 0 spiro atoms. The molecule has 1 amide bonds. The molecule has 130 valence electrons. The molecule has 24 heavy (non-hydrogen) atoms. The molecule has 0 aliphatic rings. The molecule has 5 heteroatoms. The van der Waals surface area contributed by atoms with Crippen LogP contribution in [0.25, 0.3) is 10.9 Å². The Balaban J connectivity index is 2.44. The summed E-state index contributed by atoms with van der Waals surface area (Å²) >= 11 is 0. The number of benzene rings is 1. The molecular formula is C19H26N2O3. The summed E-state index contributed by atoms with van der Waals surface area (Å²) in [5.41, 5.74) is 1.55. The van der Waals surface area contributed by atoms with Gasteiger partial charge in [0.1, 0.15) is 0 Å². The lowest BCUT2D eigenvalue weighted by Gasteiger charge is -2.30. The van der Waals surface area contributed by atoms with E-state index in [0.717, 1.165) is 16.6 Å². The third-order valence-electron chi connectivity index (χ3n) is 4.29. The van der Waals surface area contributed by atoms with Crippen molar-refractivity contribution in [1.29, 1.82) is 0 Å². The summed E-state index contributed by atoms with van der Waals surface area (Å²) in [7, 11) is 1.69. The third kappa shape index (κ3) is 3.74. The number of pyridine rings is 1. The highest BCUT2D eigenvalue weighted by Gasteiger charge is 2.27. The fourth-order valence-corrected chi connectivity index (χ4v) is 2.67. The summed E-state index contributed by atoms with van der Waals surface area (Å²) in [5, 5.41) is 19.7. The van der Waals surface area contributed by atoms with Gasteiger partial charge in [-0.3, -0.25) is 9.78 Å². The molecular weight excluding hydrogens is 304 g/mol. The van der Waals surface area contributed by atoms with Gasteiger partial charge in [0.15, 0.2) is 0 Å². The lowest BCUT2D eigenvalue weighted by molar-refractivity contribution is 0.0367. The zero-order valence-electron chi connectivity index (χ0n) is 14.8. The van der Waals surface area contributed by atoms with Crippen LogP contribution in [0.4, 0.5) is 0 Å². The SMILES string of the molecule is CC(C)c1cc(C(=O)N(C)CC(C)(CO)CO)c2ccccc2n1. The van der Waals surface area contributed by atoms with E-state index >= 15 is 0 Å². The van der Waals surface area contributed by atoms with Gasteiger partial charge in [0.2, 0.25) is 0 Å². The quantitative estimate of drug-likeness (QED) is 0.853. The number of carbonyl (C=O) groups excluding carboxylic acids is 1. The molecule has 0 fully saturated rings. The van der Waals surface area contributed by atoms with Gasteiger partial charge >= 0.3 is 0 Å². The van der Waals surface area contributed by atoms with E-state index in [2.05, 4.69) is 4.98 Å². The zero-order chi connectivity index (χ0) is 17.9. The topological polar surface area (TPSA) is 73.7 Å². The fraction of sp³-hybridized carbons (Fsp3) is 0.474. The fourth-order valence-electron chi connectivity index (χ4n) is 2.67. The summed E-state index contributed by atoms with van der Waals surface area (Å²) in [6, 6.07) is 9.45. The van der Waals surface area contributed by atoms with Crippen molar-refractivity contribution in [3.05, 3.63) is 41.6 Å². The molecule has 0 aliphatic heterocycles. The molecule has 0 radical (unpaired) electrons. The summed E-state index contributed by atoms with van der Waals surface area (Å²) in [5.74, 6) is 0.0789. The minimum Gasteiger partial charge on any atom is -0.396 e. The van der Waals surface area contributed by atoms with Crippen LogP contribution < -0.4 is 0 Å². The second-order valence-electron chi connectivity index (χ2n) is 7.05. The van der Waals surface area contributed by atoms with Crippen molar-refractivity contribution in [3.63, 3.8) is 0 Å². The van der Waals surface area contributed by atoms with Crippen LogP contribution in [0.3, 0.4) is 0 Å². The van der Waals surface area contributed by atoms with Gasteiger partial charge < -0.3 is 15.1 Å². The number of rotatable bonds is 6. The van der Waals surface area contributed by atoms with Crippen molar-refractivity contribution in [3.8, 4) is 0 Å². The Hall–Kier alpha value is -1.98. The zero-order valence-corrected chi connectivity index (χ0v) is 14.8. The number of fused-ring (bicyclic) bond motifs is 1. The molecule has 0 aliphatic carbocycles. The number of aromatic nitrogens is 1. The molecule has 5 nitrogen and oxygen atoms in total. The van der Waals surface area contributed by atoms with E-state index in [4.69, 9.17) is 0 Å². The molecule has 1 heterocycles. The highest BCUT2D eigenvalue weighted by Crippen LogP contribution is 2.24. The first-order valence-electron chi connectivity index (χ1n) is 8.18. The summed E-state index contributed by atoms with van der Waals surface area (Å²) < 4.78 is 0. The van der Waals surface area contributed by atoms with E-state index in [9.17, 15) is 15.0 Å². The Morgan fingerprint density at radius 3 is 2.46 bits per heavy atom. The van der Waals surface area contributed by atoms with Gasteiger partial charge in [-0.15, -0.1) is 0 Å². The van der Waals surface area contributed by atoms with Crippen molar-refractivity contribution in [1.82, 2.24) is 9.88 Å². The van der Waals surface area contributed by atoms with E-state index < -0.39 is 5.41 Å². The Morgan fingerprint density at radius 1 is 1.25 bits per heavy atom. The van der Waals surface area contributed by atoms with E-state index in [-0.39, 0.29) is 31.6 Å². The standard InChI is InChI=1S/C19H26N2O3/c1-13(2)17-9-15(14-7-5-6-8-16(14)20-17)18(24)21(4)10-19(3,11-22)12-23/h5-9,13,22-23H,10-12H2,1-4H3. The second kappa shape index (κ2) is 7.28. The molecule has 1 aromatic carbocycles. The van der Waals surface area contributed by atoms with E-state index in [1.807, 2.05) is 44.2 Å². The number of hydrogen-bond acceptors (Lipinski definition) is 4. The minimum absolute atomic E-state index is 0.136. The lowest BCUT2D eigenvalue weighted by Crippen LogP contribution is -2.41. The van der Waals surface area contributed by atoms with Crippen LogP contribution >= 0.6 is 0 Å². The molecule has 0 bridgehead atoms. The maximum absolute atomic E-state index is 13.0. The summed E-state index contributed by atoms with van der Waals surface area (Å²) in [4.78, 5) is 19.2.